The minimum Gasteiger partial charge on any atom is -0.338 e. The number of benzene rings is 1. The van der Waals surface area contributed by atoms with Crippen molar-refractivity contribution >= 4 is 38.9 Å². The average molecular weight is 452 g/mol. The number of nitrogens with one attached hydrogen (secondary N) is 2. The molecule has 0 spiro atoms. The molecule has 0 atom stereocenters. The lowest BCUT2D eigenvalue weighted by Gasteiger charge is -2.29. The summed E-state index contributed by atoms with van der Waals surface area (Å²) in [7, 11) is 0. The molecule has 0 unspecified atom stereocenters. The van der Waals surface area contributed by atoms with Crippen molar-refractivity contribution in [3.63, 3.8) is 0 Å². The van der Waals surface area contributed by atoms with Crippen LogP contribution in [0.1, 0.15) is 43.7 Å². The van der Waals surface area contributed by atoms with Crippen LogP contribution in [0, 0.1) is 5.41 Å². The van der Waals surface area contributed by atoms with Gasteiger partial charge in [0, 0.05) is 36.5 Å². The van der Waals surface area contributed by atoms with Crippen molar-refractivity contribution in [1.29, 1.82) is 5.41 Å². The molecule has 0 saturated carbocycles. The highest BCUT2D eigenvalue weighted by atomic mass is 32.2. The van der Waals surface area contributed by atoms with E-state index in [0.717, 1.165) is 72.9 Å². The second-order valence-corrected chi connectivity index (χ2v) is 9.35. The van der Waals surface area contributed by atoms with Crippen LogP contribution < -0.4 is 16.5 Å². The molecule has 2 aromatic heterocycles. The van der Waals surface area contributed by atoms with E-state index in [1.807, 2.05) is 35.0 Å². The molecule has 4 rings (SSSR count). The lowest BCUT2D eigenvalue weighted by Crippen LogP contribution is -2.39. The number of piperidine rings is 1. The van der Waals surface area contributed by atoms with Crippen molar-refractivity contribution in [3.8, 4) is 0 Å². The Morgan fingerprint density at radius 1 is 1.31 bits per heavy atom. The molecule has 0 bridgehead atoms. The molecule has 0 radical (unpaired) electrons. The molecule has 8 nitrogen and oxygen atoms in total. The lowest BCUT2D eigenvalue weighted by molar-refractivity contribution is -0.110. The van der Waals surface area contributed by atoms with E-state index in [2.05, 4.69) is 33.3 Å². The predicted molar refractivity (Wildman–Crippen MR) is 131 cm³/mol. The van der Waals surface area contributed by atoms with E-state index < -0.39 is 0 Å². The molecule has 1 aromatic carbocycles. The smallest absolute Gasteiger partial charge is 0.213 e. The zero-order valence-electron chi connectivity index (χ0n) is 18.4. The van der Waals surface area contributed by atoms with Crippen molar-refractivity contribution in [3.05, 3.63) is 54.0 Å². The molecule has 1 fully saturated rings. The van der Waals surface area contributed by atoms with Crippen LogP contribution in [0.2, 0.25) is 0 Å². The summed E-state index contributed by atoms with van der Waals surface area (Å²) in [5.74, 6) is 0.752. The monoisotopic (exact) mass is 451 g/mol. The largest absolute Gasteiger partial charge is 0.338 e. The second kappa shape index (κ2) is 10.2. The third-order valence-electron chi connectivity index (χ3n) is 5.68. The number of hydrogen-bond donors (Lipinski definition) is 4. The summed E-state index contributed by atoms with van der Waals surface area (Å²) < 4.78 is 1.86. The van der Waals surface area contributed by atoms with Gasteiger partial charge in [-0.15, -0.1) is 0 Å². The second-order valence-electron chi connectivity index (χ2n) is 8.21. The Kier molecular flexibility index (Phi) is 7.19. The van der Waals surface area contributed by atoms with Gasteiger partial charge in [0.2, 0.25) is 5.04 Å². The van der Waals surface area contributed by atoms with Crippen LogP contribution in [0.5, 0.6) is 0 Å². The first kappa shape index (κ1) is 22.4. The molecule has 32 heavy (non-hydrogen) atoms. The molecule has 1 saturated heterocycles. The number of thioether (sulfide) groups is 1. The maximum Gasteiger partial charge on any atom is 0.213 e. The molecule has 3 heterocycles. The van der Waals surface area contributed by atoms with Crippen LogP contribution in [-0.4, -0.2) is 48.7 Å². The Balaban J connectivity index is 1.54. The Labute approximate surface area is 192 Å². The van der Waals surface area contributed by atoms with E-state index in [4.69, 9.17) is 16.6 Å². The van der Waals surface area contributed by atoms with Crippen LogP contribution in [-0.2, 0) is 6.54 Å². The summed E-state index contributed by atoms with van der Waals surface area (Å²) in [4.78, 5) is 6.96. The number of nitrogens with zero attached hydrogens (tertiary/aromatic N) is 4. The number of anilines is 2. The van der Waals surface area contributed by atoms with Crippen LogP contribution >= 0.6 is 11.8 Å². The normalized spacial score (nSPS) is 15.2. The summed E-state index contributed by atoms with van der Waals surface area (Å²) in [5.41, 5.74) is 9.91. The Morgan fingerprint density at radius 3 is 2.91 bits per heavy atom. The fourth-order valence-electron chi connectivity index (χ4n) is 3.95. The molecule has 1 aliphatic rings. The molecular formula is C23H31N8S+. The molecule has 168 valence electrons. The molecule has 1 aliphatic heterocycles. The van der Waals surface area contributed by atoms with Gasteiger partial charge in [0.05, 0.1) is 0 Å². The zero-order valence-corrected chi connectivity index (χ0v) is 19.2. The van der Waals surface area contributed by atoms with E-state index >= 15 is 0 Å². The number of nitrogens with two attached hydrogens (primary N) is 2. The SMILES string of the molecule is CCCC(=[NH2+])SC(=N)c1cccc(Nc2ncnn3ccc(CN4CCC(N)CC4)c23)c1. The van der Waals surface area contributed by atoms with Crippen molar-refractivity contribution in [2.45, 2.75) is 45.2 Å². The first-order chi connectivity index (χ1) is 15.5. The highest BCUT2D eigenvalue weighted by Gasteiger charge is 2.19. The highest BCUT2D eigenvalue weighted by molar-refractivity contribution is 8.26. The average Bonchev–Trinajstić information content (AvgIpc) is 3.19. The van der Waals surface area contributed by atoms with Gasteiger partial charge in [-0.3, -0.25) is 15.7 Å². The van der Waals surface area contributed by atoms with Gasteiger partial charge in [0.25, 0.3) is 0 Å². The van der Waals surface area contributed by atoms with Gasteiger partial charge < -0.3 is 11.1 Å². The molecular weight excluding hydrogens is 420 g/mol. The number of hydrogen-bond acceptors (Lipinski definition) is 7. The van der Waals surface area contributed by atoms with E-state index in [1.165, 1.54) is 17.3 Å². The van der Waals surface area contributed by atoms with Crippen molar-refractivity contribution in [2.24, 2.45) is 5.73 Å². The lowest BCUT2D eigenvalue weighted by atomic mass is 10.1. The number of rotatable bonds is 7. The topological polar surface area (TPSA) is 121 Å². The van der Waals surface area contributed by atoms with E-state index in [9.17, 15) is 0 Å². The van der Waals surface area contributed by atoms with Gasteiger partial charge in [-0.25, -0.2) is 9.50 Å². The fraction of sp³-hybridized carbons (Fsp3) is 0.391. The maximum atomic E-state index is 8.40. The third-order valence-corrected chi connectivity index (χ3v) is 6.59. The fourth-order valence-corrected chi connectivity index (χ4v) is 4.76. The summed E-state index contributed by atoms with van der Waals surface area (Å²) in [5, 5.41) is 23.5. The highest BCUT2D eigenvalue weighted by Crippen LogP contribution is 2.26. The zero-order chi connectivity index (χ0) is 22.5. The van der Waals surface area contributed by atoms with E-state index in [0.29, 0.717) is 11.1 Å². The summed E-state index contributed by atoms with van der Waals surface area (Å²) in [6, 6.07) is 10.2. The van der Waals surface area contributed by atoms with Gasteiger partial charge in [-0.05, 0) is 67.9 Å². The van der Waals surface area contributed by atoms with E-state index in [1.54, 1.807) is 6.33 Å². The minimum absolute atomic E-state index is 0.316. The molecule has 9 heteroatoms. The Morgan fingerprint density at radius 2 is 2.12 bits per heavy atom. The predicted octanol–water partition coefficient (Wildman–Crippen LogP) is 2.41. The molecule has 0 amide bonds. The van der Waals surface area contributed by atoms with Crippen molar-refractivity contribution < 1.29 is 5.41 Å². The first-order valence-electron chi connectivity index (χ1n) is 11.1. The van der Waals surface area contributed by atoms with E-state index in [-0.39, 0.29) is 0 Å². The Hall–Kier alpha value is -2.75. The van der Waals surface area contributed by atoms with Gasteiger partial charge in [-0.1, -0.05) is 19.1 Å². The number of fused-ring (bicyclic) bond motifs is 1. The van der Waals surface area contributed by atoms with Gasteiger partial charge in [0.15, 0.2) is 5.82 Å². The minimum atomic E-state index is 0.316. The van der Waals surface area contributed by atoms with Gasteiger partial charge in [-0.2, -0.15) is 5.10 Å². The number of likely N-dealkylation sites (tertiary alicyclic amines) is 1. The molecule has 0 aliphatic carbocycles. The van der Waals surface area contributed by atoms with Crippen LogP contribution in [0.25, 0.3) is 5.52 Å². The van der Waals surface area contributed by atoms with Crippen LogP contribution in [0.3, 0.4) is 0 Å². The summed E-state index contributed by atoms with van der Waals surface area (Å²) >= 11 is 1.32. The first-order valence-corrected chi connectivity index (χ1v) is 11.9. The van der Waals surface area contributed by atoms with Crippen LogP contribution in [0.4, 0.5) is 11.5 Å². The molecule has 6 N–H and O–H groups in total. The Bertz CT molecular complexity index is 1100. The molecule has 3 aromatic rings. The maximum absolute atomic E-state index is 8.40. The summed E-state index contributed by atoms with van der Waals surface area (Å²) in [6.45, 7) is 4.95. The van der Waals surface area contributed by atoms with Crippen LogP contribution in [0.15, 0.2) is 42.9 Å². The summed E-state index contributed by atoms with van der Waals surface area (Å²) in [6.07, 6.45) is 7.38. The van der Waals surface area contributed by atoms with Gasteiger partial charge >= 0.3 is 0 Å². The quantitative estimate of drug-likeness (QED) is 0.323. The van der Waals surface area contributed by atoms with Crippen molar-refractivity contribution in [1.82, 2.24) is 19.5 Å². The third kappa shape index (κ3) is 5.35. The van der Waals surface area contributed by atoms with Gasteiger partial charge in [0.1, 0.15) is 16.9 Å². The van der Waals surface area contributed by atoms with Crippen molar-refractivity contribution in [2.75, 3.05) is 18.4 Å². The standard InChI is InChI=1S/C23H30N8S/c1-2-4-20(25)32-22(26)16-5-3-6-19(13-16)29-23-21-17(7-12-31(21)28-15-27-23)14-30-10-8-18(24)9-11-30/h3,5-7,12-13,15,18,25-26H,2,4,8-11,14,24H2,1H3,(H,27,28,29)/p+1. The number of aromatic nitrogens is 3.